The third-order valence-corrected chi connectivity index (χ3v) is 5.29. The fraction of sp³-hybridized carbons (Fsp3) is 0.444. The molecular weight excluding hydrogens is 326 g/mol. The van der Waals surface area contributed by atoms with Crippen LogP contribution >= 0.6 is 11.6 Å². The number of rotatable bonds is 3. The summed E-state index contributed by atoms with van der Waals surface area (Å²) >= 11 is 6.10. The summed E-state index contributed by atoms with van der Waals surface area (Å²) in [7, 11) is 1.65. The molecule has 1 fully saturated rings. The van der Waals surface area contributed by atoms with E-state index in [1.165, 1.54) is 10.1 Å². The molecule has 1 unspecified atom stereocenters. The molecular formula is C18H22ClN3O2. The van der Waals surface area contributed by atoms with Gasteiger partial charge in [-0.3, -0.25) is 9.78 Å². The fourth-order valence-corrected chi connectivity index (χ4v) is 3.68. The minimum absolute atomic E-state index is 0.306. The van der Waals surface area contributed by atoms with E-state index in [9.17, 15) is 9.59 Å². The van der Waals surface area contributed by atoms with Crippen LogP contribution in [0.1, 0.15) is 31.2 Å². The second-order valence-corrected chi connectivity index (χ2v) is 6.99. The fourth-order valence-electron chi connectivity index (χ4n) is 3.48. The van der Waals surface area contributed by atoms with E-state index in [1.807, 2.05) is 18.2 Å². The molecule has 1 N–H and O–H groups in total. The average Bonchev–Trinajstić information content (AvgIpc) is 2.58. The number of hydrogen-bond donors (Lipinski definition) is 1. The molecule has 2 heterocycles. The van der Waals surface area contributed by atoms with E-state index in [-0.39, 0.29) is 11.2 Å². The number of aromatic nitrogens is 2. The third-order valence-electron chi connectivity index (χ3n) is 5.05. The molecule has 1 saturated heterocycles. The van der Waals surface area contributed by atoms with Gasteiger partial charge < -0.3 is 9.47 Å². The Hall–Kier alpha value is -2.01. The van der Waals surface area contributed by atoms with Gasteiger partial charge in [-0.2, -0.15) is 0 Å². The number of nitrogens with zero attached hydrogens (tertiary/aromatic N) is 2. The maximum absolute atomic E-state index is 12.0. The van der Waals surface area contributed by atoms with E-state index in [0.29, 0.717) is 17.5 Å². The molecule has 6 heteroatoms. The molecule has 128 valence electrons. The lowest BCUT2D eigenvalue weighted by atomic mass is 9.81. The minimum atomic E-state index is -0.381. The van der Waals surface area contributed by atoms with Gasteiger partial charge in [0.15, 0.2) is 0 Å². The molecule has 0 radical (unpaired) electrons. The van der Waals surface area contributed by atoms with Crippen molar-refractivity contribution in [2.75, 3.05) is 18.0 Å². The summed E-state index contributed by atoms with van der Waals surface area (Å²) in [5, 5.41) is 0.772. The van der Waals surface area contributed by atoms with Gasteiger partial charge in [-0.15, -0.1) is 0 Å². The lowest BCUT2D eigenvalue weighted by molar-refractivity contribution is 0.354. The standard InChI is InChI=1S/C18H22ClN3O2/c1-12(14-4-3-5-15(19)10-14)13-6-8-22(9-7-13)16-11-21(2)18(24)20-17(16)23/h3-5,10-13H,6-9H2,1-2H3,(H,20,23,24). The van der Waals surface area contributed by atoms with Crippen molar-refractivity contribution < 1.29 is 0 Å². The predicted molar refractivity (Wildman–Crippen MR) is 97.1 cm³/mol. The Labute approximate surface area is 145 Å². The first-order valence-electron chi connectivity index (χ1n) is 8.26. The Kier molecular flexibility index (Phi) is 4.81. The van der Waals surface area contributed by atoms with Gasteiger partial charge in [0.2, 0.25) is 0 Å². The molecule has 5 nitrogen and oxygen atoms in total. The van der Waals surface area contributed by atoms with Crippen molar-refractivity contribution in [2.24, 2.45) is 13.0 Å². The first-order chi connectivity index (χ1) is 11.5. The summed E-state index contributed by atoms with van der Waals surface area (Å²) < 4.78 is 1.41. The lowest BCUT2D eigenvalue weighted by Gasteiger charge is -2.36. The van der Waals surface area contributed by atoms with Crippen LogP contribution in [0.25, 0.3) is 0 Å². The van der Waals surface area contributed by atoms with E-state index in [2.05, 4.69) is 22.9 Å². The Morgan fingerprint density at radius 3 is 2.62 bits per heavy atom. The van der Waals surface area contributed by atoms with Gasteiger partial charge in [0.05, 0.1) is 0 Å². The number of H-pyrrole nitrogens is 1. The van der Waals surface area contributed by atoms with Crippen molar-refractivity contribution in [1.29, 1.82) is 0 Å². The molecule has 0 spiro atoms. The molecule has 2 aromatic rings. The van der Waals surface area contributed by atoms with E-state index in [1.54, 1.807) is 13.2 Å². The molecule has 1 aliphatic heterocycles. The Balaban J connectivity index is 1.71. The first kappa shape index (κ1) is 16.8. The summed E-state index contributed by atoms with van der Waals surface area (Å²) in [6.45, 7) is 3.87. The molecule has 1 aromatic heterocycles. The number of hydrogen-bond acceptors (Lipinski definition) is 3. The van der Waals surface area contributed by atoms with Crippen LogP contribution in [0.15, 0.2) is 40.1 Å². The van der Waals surface area contributed by atoms with E-state index in [4.69, 9.17) is 11.6 Å². The number of piperidine rings is 1. The average molecular weight is 348 g/mol. The van der Waals surface area contributed by atoms with Crippen LogP contribution in [-0.4, -0.2) is 22.6 Å². The van der Waals surface area contributed by atoms with Crippen LogP contribution in [0.3, 0.4) is 0 Å². The van der Waals surface area contributed by atoms with Gasteiger partial charge in [-0.05, 0) is 42.4 Å². The SMILES string of the molecule is CC(c1cccc(Cl)c1)C1CCN(c2cn(C)c(=O)[nH]c2=O)CC1. The molecule has 24 heavy (non-hydrogen) atoms. The molecule has 1 aliphatic rings. The normalized spacial score (nSPS) is 17.0. The summed E-state index contributed by atoms with van der Waals surface area (Å²) in [5.41, 5.74) is 1.15. The van der Waals surface area contributed by atoms with Gasteiger partial charge in [-0.25, -0.2) is 4.79 Å². The molecule has 1 atom stereocenters. The summed E-state index contributed by atoms with van der Waals surface area (Å²) in [4.78, 5) is 28.0. The van der Waals surface area contributed by atoms with E-state index in [0.717, 1.165) is 31.0 Å². The zero-order valence-corrected chi connectivity index (χ0v) is 14.7. The highest BCUT2D eigenvalue weighted by Gasteiger charge is 2.26. The van der Waals surface area contributed by atoms with Crippen LogP contribution < -0.4 is 16.1 Å². The van der Waals surface area contributed by atoms with Crippen molar-refractivity contribution in [3.05, 3.63) is 61.9 Å². The maximum Gasteiger partial charge on any atom is 0.328 e. The highest BCUT2D eigenvalue weighted by atomic mass is 35.5. The molecule has 0 bridgehead atoms. The summed E-state index contributed by atoms with van der Waals surface area (Å²) in [6.07, 6.45) is 3.65. The van der Waals surface area contributed by atoms with E-state index >= 15 is 0 Å². The number of benzene rings is 1. The van der Waals surface area contributed by atoms with Crippen LogP contribution in [0.2, 0.25) is 5.02 Å². The Morgan fingerprint density at radius 1 is 1.25 bits per heavy atom. The molecule has 0 aliphatic carbocycles. The van der Waals surface area contributed by atoms with Gasteiger partial charge in [0, 0.05) is 31.4 Å². The maximum atomic E-state index is 12.0. The van der Waals surface area contributed by atoms with Gasteiger partial charge in [-0.1, -0.05) is 30.7 Å². The molecule has 0 amide bonds. The van der Waals surface area contributed by atoms with Crippen LogP contribution in [0.4, 0.5) is 5.69 Å². The van der Waals surface area contributed by atoms with Crippen molar-refractivity contribution in [2.45, 2.75) is 25.7 Å². The monoisotopic (exact) mass is 347 g/mol. The Bertz CT molecular complexity index is 835. The van der Waals surface area contributed by atoms with Crippen LogP contribution in [0.5, 0.6) is 0 Å². The number of halogens is 1. The molecule has 3 rings (SSSR count). The van der Waals surface area contributed by atoms with Crippen molar-refractivity contribution >= 4 is 17.3 Å². The highest BCUT2D eigenvalue weighted by molar-refractivity contribution is 6.30. The van der Waals surface area contributed by atoms with Crippen molar-refractivity contribution in [1.82, 2.24) is 9.55 Å². The Morgan fingerprint density at radius 2 is 1.96 bits per heavy atom. The third kappa shape index (κ3) is 3.41. The van der Waals surface area contributed by atoms with Crippen LogP contribution in [0, 0.1) is 5.92 Å². The number of aromatic amines is 1. The largest absolute Gasteiger partial charge is 0.366 e. The summed E-state index contributed by atoms with van der Waals surface area (Å²) in [5.74, 6) is 0.996. The van der Waals surface area contributed by atoms with Crippen LogP contribution in [-0.2, 0) is 7.05 Å². The second kappa shape index (κ2) is 6.85. The quantitative estimate of drug-likeness (QED) is 0.928. The van der Waals surface area contributed by atoms with Gasteiger partial charge >= 0.3 is 5.69 Å². The van der Waals surface area contributed by atoms with E-state index < -0.39 is 0 Å². The first-order valence-corrected chi connectivity index (χ1v) is 8.64. The number of nitrogens with one attached hydrogen (secondary N) is 1. The topological polar surface area (TPSA) is 58.1 Å². The lowest BCUT2D eigenvalue weighted by Crippen LogP contribution is -2.40. The number of aryl methyl sites for hydroxylation is 1. The predicted octanol–water partition coefficient (Wildman–Crippen LogP) is 2.75. The zero-order chi connectivity index (χ0) is 17.3. The summed E-state index contributed by atoms with van der Waals surface area (Å²) in [6, 6.07) is 8.05. The van der Waals surface area contributed by atoms with Crippen molar-refractivity contribution in [3.8, 4) is 0 Å². The number of anilines is 1. The molecule has 0 saturated carbocycles. The van der Waals surface area contributed by atoms with Gasteiger partial charge in [0.25, 0.3) is 5.56 Å². The molecule has 1 aromatic carbocycles. The van der Waals surface area contributed by atoms with Crippen molar-refractivity contribution in [3.63, 3.8) is 0 Å². The van der Waals surface area contributed by atoms with Gasteiger partial charge in [0.1, 0.15) is 5.69 Å². The second-order valence-electron chi connectivity index (χ2n) is 6.55. The highest BCUT2D eigenvalue weighted by Crippen LogP contribution is 2.33. The minimum Gasteiger partial charge on any atom is -0.366 e. The zero-order valence-electron chi connectivity index (χ0n) is 14.0. The smallest absolute Gasteiger partial charge is 0.328 e.